The van der Waals surface area contributed by atoms with Gasteiger partial charge in [0, 0.05) is 6.20 Å². The number of carbonyl (C=O) groups excluding carboxylic acids is 1. The summed E-state index contributed by atoms with van der Waals surface area (Å²) in [7, 11) is 0. The zero-order chi connectivity index (χ0) is 12.9. The van der Waals surface area contributed by atoms with Crippen LogP contribution >= 0.6 is 11.8 Å². The fraction of sp³-hybridized carbons (Fsp3) is 0.600. The van der Waals surface area contributed by atoms with E-state index in [2.05, 4.69) is 10.3 Å². The number of fused-ring (bicyclic) bond motifs is 1. The van der Waals surface area contributed by atoms with Gasteiger partial charge in [-0.2, -0.15) is 0 Å². The van der Waals surface area contributed by atoms with Crippen molar-refractivity contribution in [1.82, 2.24) is 19.9 Å². The summed E-state index contributed by atoms with van der Waals surface area (Å²) in [6.07, 6.45) is 3.68. The Morgan fingerprint density at radius 3 is 3.06 bits per heavy atom. The molecule has 0 saturated carbocycles. The van der Waals surface area contributed by atoms with E-state index in [1.807, 2.05) is 6.92 Å². The highest BCUT2D eigenvalue weighted by atomic mass is 32.2. The molecule has 0 aromatic carbocycles. The van der Waals surface area contributed by atoms with Crippen molar-refractivity contribution in [3.63, 3.8) is 0 Å². The summed E-state index contributed by atoms with van der Waals surface area (Å²) in [5.74, 6) is -1.04. The van der Waals surface area contributed by atoms with Gasteiger partial charge < -0.3 is 10.0 Å². The number of rotatable bonds is 3. The highest BCUT2D eigenvalue weighted by molar-refractivity contribution is 8.01. The van der Waals surface area contributed by atoms with E-state index < -0.39 is 16.8 Å². The molecule has 1 aromatic rings. The number of carboxylic acids is 1. The number of carboxylic acid groups (broad SMARTS) is 1. The van der Waals surface area contributed by atoms with Crippen molar-refractivity contribution >= 4 is 23.6 Å². The van der Waals surface area contributed by atoms with E-state index in [1.54, 1.807) is 17.1 Å². The Morgan fingerprint density at radius 2 is 2.50 bits per heavy atom. The molecule has 0 radical (unpaired) electrons. The van der Waals surface area contributed by atoms with Crippen LogP contribution in [0.4, 0.5) is 0 Å². The fourth-order valence-corrected chi connectivity index (χ4v) is 4.37. The van der Waals surface area contributed by atoms with Gasteiger partial charge >= 0.3 is 5.97 Å². The van der Waals surface area contributed by atoms with Crippen LogP contribution in [-0.2, 0) is 16.1 Å². The number of nitrogens with zero attached hydrogens (tertiary/aromatic N) is 4. The predicted octanol–water partition coefficient (Wildman–Crippen LogP) is -0.205. The van der Waals surface area contributed by atoms with Gasteiger partial charge in [0.15, 0.2) is 0 Å². The first kappa shape index (κ1) is 11.5. The van der Waals surface area contributed by atoms with Crippen molar-refractivity contribution in [3.8, 4) is 0 Å². The monoisotopic (exact) mass is 268 g/mol. The summed E-state index contributed by atoms with van der Waals surface area (Å²) < 4.78 is 1.04. The van der Waals surface area contributed by atoms with E-state index in [9.17, 15) is 14.7 Å². The van der Waals surface area contributed by atoms with E-state index in [4.69, 9.17) is 0 Å². The smallest absolute Gasteiger partial charge is 0.327 e. The lowest BCUT2D eigenvalue weighted by Crippen LogP contribution is -2.58. The van der Waals surface area contributed by atoms with Gasteiger partial charge in [-0.05, 0) is 6.92 Å². The van der Waals surface area contributed by atoms with E-state index in [-0.39, 0.29) is 11.3 Å². The van der Waals surface area contributed by atoms with Gasteiger partial charge in [0.2, 0.25) is 5.91 Å². The molecule has 3 heterocycles. The predicted molar refractivity (Wildman–Crippen MR) is 62.7 cm³/mol. The number of thioether (sulfide) groups is 1. The second-order valence-corrected chi connectivity index (χ2v) is 6.44. The number of aromatic nitrogens is 3. The molecule has 0 aliphatic carbocycles. The molecule has 18 heavy (non-hydrogen) atoms. The molecule has 2 aliphatic rings. The van der Waals surface area contributed by atoms with Gasteiger partial charge in [-0.3, -0.25) is 9.48 Å². The Hall–Kier alpha value is -1.57. The average molecular weight is 268 g/mol. The van der Waals surface area contributed by atoms with Crippen LogP contribution in [-0.4, -0.2) is 53.0 Å². The Bertz CT molecular complexity index is 505. The second kappa shape index (κ2) is 3.71. The van der Waals surface area contributed by atoms with Gasteiger partial charge in [0.25, 0.3) is 0 Å². The molecule has 0 spiro atoms. The lowest BCUT2D eigenvalue weighted by molar-refractivity contribution is -0.157. The van der Waals surface area contributed by atoms with Crippen LogP contribution < -0.4 is 0 Å². The highest BCUT2D eigenvalue weighted by Gasteiger charge is 2.60. The van der Waals surface area contributed by atoms with Crippen LogP contribution in [0.25, 0.3) is 0 Å². The minimum atomic E-state index is -0.958. The Morgan fingerprint density at radius 1 is 1.72 bits per heavy atom. The van der Waals surface area contributed by atoms with Crippen LogP contribution in [0.5, 0.6) is 0 Å². The zero-order valence-electron chi connectivity index (χ0n) is 9.68. The SMILES string of the molecule is C[C@@]1(Cn2ccnn2)S[C@H]2CC(=O)N2[C@@H]1C(=O)O. The minimum absolute atomic E-state index is 0.00729. The molecule has 8 heteroatoms. The van der Waals surface area contributed by atoms with Crippen LogP contribution in [0.1, 0.15) is 13.3 Å². The van der Waals surface area contributed by atoms with Crippen LogP contribution in [0.2, 0.25) is 0 Å². The number of hydrogen-bond acceptors (Lipinski definition) is 5. The second-order valence-electron chi connectivity index (χ2n) is 4.73. The molecule has 2 fully saturated rings. The Labute approximate surface area is 107 Å². The third-order valence-corrected chi connectivity index (χ3v) is 4.95. The minimum Gasteiger partial charge on any atom is -0.480 e. The molecule has 0 bridgehead atoms. The van der Waals surface area contributed by atoms with E-state index >= 15 is 0 Å². The van der Waals surface area contributed by atoms with Crippen LogP contribution in [0, 0.1) is 0 Å². The van der Waals surface area contributed by atoms with Crippen LogP contribution in [0.15, 0.2) is 12.4 Å². The standard InChI is InChI=1S/C10H12N4O3S/c1-10(5-13-3-2-11-12-13)8(9(16)17)14-6(15)4-7(14)18-10/h2-3,7-8H,4-5H2,1H3,(H,16,17)/t7-,8+,10-/m0/s1. The fourth-order valence-electron chi connectivity index (χ4n) is 2.62. The number of β-lactam (4-membered cyclic amide) rings is 1. The molecule has 7 nitrogen and oxygen atoms in total. The molecule has 96 valence electrons. The van der Waals surface area contributed by atoms with Gasteiger partial charge in [-0.15, -0.1) is 16.9 Å². The maximum absolute atomic E-state index is 11.5. The largest absolute Gasteiger partial charge is 0.480 e. The molecule has 3 rings (SSSR count). The molecule has 2 saturated heterocycles. The lowest BCUT2D eigenvalue weighted by Gasteiger charge is -2.36. The molecule has 0 unspecified atom stereocenters. The molecule has 1 amide bonds. The van der Waals surface area contributed by atoms with Crippen molar-refractivity contribution in [1.29, 1.82) is 0 Å². The summed E-state index contributed by atoms with van der Waals surface area (Å²) in [6, 6.07) is -0.794. The van der Waals surface area contributed by atoms with Gasteiger partial charge in [0.05, 0.1) is 29.3 Å². The van der Waals surface area contributed by atoms with Crippen LogP contribution in [0.3, 0.4) is 0 Å². The molecular weight excluding hydrogens is 256 g/mol. The Balaban J connectivity index is 1.90. The number of aliphatic carboxylic acids is 1. The quantitative estimate of drug-likeness (QED) is 0.763. The van der Waals surface area contributed by atoms with Crippen molar-refractivity contribution in [2.24, 2.45) is 0 Å². The number of hydrogen-bond donors (Lipinski definition) is 1. The first-order valence-electron chi connectivity index (χ1n) is 5.57. The third kappa shape index (κ3) is 1.52. The lowest BCUT2D eigenvalue weighted by atomic mass is 9.96. The molecule has 1 aromatic heterocycles. The summed E-state index contributed by atoms with van der Waals surface area (Å²) in [6.45, 7) is 2.29. The summed E-state index contributed by atoms with van der Waals surface area (Å²) in [5, 5.41) is 16.9. The van der Waals surface area contributed by atoms with Crippen molar-refractivity contribution in [3.05, 3.63) is 12.4 Å². The van der Waals surface area contributed by atoms with E-state index in [0.29, 0.717) is 13.0 Å². The number of carbonyl (C=O) groups is 2. The maximum Gasteiger partial charge on any atom is 0.327 e. The molecular formula is C10H12N4O3S. The van der Waals surface area contributed by atoms with Crippen molar-refractivity contribution < 1.29 is 14.7 Å². The average Bonchev–Trinajstić information content (AvgIpc) is 2.83. The first-order valence-corrected chi connectivity index (χ1v) is 6.45. The summed E-state index contributed by atoms with van der Waals surface area (Å²) >= 11 is 1.54. The van der Waals surface area contributed by atoms with Gasteiger partial charge in [0.1, 0.15) is 6.04 Å². The summed E-state index contributed by atoms with van der Waals surface area (Å²) in [4.78, 5) is 24.4. The normalized spacial score (nSPS) is 34.3. The van der Waals surface area contributed by atoms with Crippen molar-refractivity contribution in [2.75, 3.05) is 0 Å². The first-order chi connectivity index (χ1) is 8.51. The van der Waals surface area contributed by atoms with Gasteiger partial charge in [-0.1, -0.05) is 5.21 Å². The molecule has 3 atom stereocenters. The third-order valence-electron chi connectivity index (χ3n) is 3.39. The summed E-state index contributed by atoms with van der Waals surface area (Å²) in [5.41, 5.74) is 0. The number of amides is 1. The van der Waals surface area contributed by atoms with Crippen molar-refractivity contribution in [2.45, 2.75) is 36.1 Å². The molecule has 1 N–H and O–H groups in total. The molecule has 2 aliphatic heterocycles. The van der Waals surface area contributed by atoms with E-state index in [1.165, 1.54) is 16.7 Å². The Kier molecular flexibility index (Phi) is 2.37. The zero-order valence-corrected chi connectivity index (χ0v) is 10.5. The van der Waals surface area contributed by atoms with E-state index in [0.717, 1.165) is 0 Å². The van der Waals surface area contributed by atoms with Gasteiger partial charge in [-0.25, -0.2) is 4.79 Å². The maximum atomic E-state index is 11.5. The topological polar surface area (TPSA) is 88.3 Å². The highest BCUT2D eigenvalue weighted by Crippen LogP contribution is 2.51.